The van der Waals surface area contributed by atoms with Crippen LogP contribution in [0.1, 0.15) is 20.3 Å². The number of ether oxygens (including phenoxy) is 3. The van der Waals surface area contributed by atoms with Crippen LogP contribution >= 0.6 is 0 Å². The molecular formula is C18H23NO5. The molecule has 1 aromatic carbocycles. The highest BCUT2D eigenvalue weighted by molar-refractivity contribution is 6.08. The maximum atomic E-state index is 12.7. The van der Waals surface area contributed by atoms with Gasteiger partial charge in [0.15, 0.2) is 11.4 Å². The number of hydrogen-bond donors (Lipinski definition) is 1. The lowest BCUT2D eigenvalue weighted by molar-refractivity contribution is -0.173. The molecule has 2 saturated heterocycles. The Kier molecular flexibility index (Phi) is 4.15. The molecule has 1 amide bonds. The van der Waals surface area contributed by atoms with Gasteiger partial charge in [-0.3, -0.25) is 4.79 Å². The summed E-state index contributed by atoms with van der Waals surface area (Å²) >= 11 is 0. The van der Waals surface area contributed by atoms with E-state index in [0.29, 0.717) is 18.0 Å². The van der Waals surface area contributed by atoms with Gasteiger partial charge in [0.05, 0.1) is 13.7 Å². The summed E-state index contributed by atoms with van der Waals surface area (Å²) in [6, 6.07) is 6.61. The molecule has 0 radical (unpaired) electrons. The average Bonchev–Trinajstić information content (AvgIpc) is 2.91. The Balaban J connectivity index is 1.92. The molecule has 6 nitrogen and oxygen atoms in total. The Morgan fingerprint density at radius 2 is 2.08 bits per heavy atom. The van der Waals surface area contributed by atoms with Crippen LogP contribution in [0.3, 0.4) is 0 Å². The Hall–Kier alpha value is -1.89. The monoisotopic (exact) mass is 333 g/mol. The Bertz CT molecular complexity index is 641. The van der Waals surface area contributed by atoms with Crippen molar-refractivity contribution in [3.8, 4) is 5.75 Å². The fraction of sp³-hybridized carbons (Fsp3) is 0.500. The average molecular weight is 333 g/mol. The maximum Gasteiger partial charge on any atom is 0.262 e. The first-order chi connectivity index (χ1) is 11.3. The minimum Gasteiger partial charge on any atom is -0.497 e. The van der Waals surface area contributed by atoms with E-state index in [1.54, 1.807) is 42.4 Å². The first kappa shape index (κ1) is 17.0. The van der Waals surface area contributed by atoms with E-state index >= 15 is 0 Å². The minimum absolute atomic E-state index is 0.170. The van der Waals surface area contributed by atoms with Crippen molar-refractivity contribution in [3.05, 3.63) is 36.9 Å². The summed E-state index contributed by atoms with van der Waals surface area (Å²) in [7, 11) is 1.58. The highest BCUT2D eigenvalue weighted by Gasteiger charge is 2.64. The van der Waals surface area contributed by atoms with Crippen LogP contribution in [0.5, 0.6) is 5.75 Å². The quantitative estimate of drug-likeness (QED) is 0.658. The molecule has 3 rings (SSSR count). The smallest absolute Gasteiger partial charge is 0.262 e. The van der Waals surface area contributed by atoms with Gasteiger partial charge in [-0.25, -0.2) is 0 Å². The van der Waals surface area contributed by atoms with Crippen molar-refractivity contribution in [1.82, 2.24) is 0 Å². The molecule has 1 unspecified atom stereocenters. The van der Waals surface area contributed by atoms with Gasteiger partial charge in [0.25, 0.3) is 5.91 Å². The minimum atomic E-state index is -1.52. The summed E-state index contributed by atoms with van der Waals surface area (Å²) in [6.07, 6.45) is 1.31. The van der Waals surface area contributed by atoms with Crippen molar-refractivity contribution in [1.29, 1.82) is 0 Å². The van der Waals surface area contributed by atoms with Crippen molar-refractivity contribution in [2.24, 2.45) is 0 Å². The molecule has 2 heterocycles. The fourth-order valence-electron chi connectivity index (χ4n) is 3.40. The molecular weight excluding hydrogens is 310 g/mol. The zero-order valence-corrected chi connectivity index (χ0v) is 14.2. The molecule has 2 aliphatic rings. The third-order valence-electron chi connectivity index (χ3n) is 4.55. The van der Waals surface area contributed by atoms with Crippen LogP contribution in [0.25, 0.3) is 0 Å². The van der Waals surface area contributed by atoms with Gasteiger partial charge in [-0.2, -0.15) is 0 Å². The van der Waals surface area contributed by atoms with Gasteiger partial charge in [-0.15, -0.1) is 6.58 Å². The molecule has 1 aromatic rings. The molecule has 0 saturated carbocycles. The van der Waals surface area contributed by atoms with E-state index in [2.05, 4.69) is 6.58 Å². The molecule has 1 N–H and O–H groups in total. The zero-order valence-electron chi connectivity index (χ0n) is 14.2. The van der Waals surface area contributed by atoms with Gasteiger partial charge in [0.1, 0.15) is 17.9 Å². The number of hydrogen-bond acceptors (Lipinski definition) is 5. The predicted molar refractivity (Wildman–Crippen MR) is 88.9 cm³/mol. The van der Waals surface area contributed by atoms with Crippen LogP contribution < -0.4 is 9.64 Å². The second kappa shape index (κ2) is 5.88. The van der Waals surface area contributed by atoms with Crippen molar-refractivity contribution in [2.45, 2.75) is 43.8 Å². The van der Waals surface area contributed by atoms with Crippen LogP contribution in [0.2, 0.25) is 0 Å². The number of methoxy groups -OCH3 is 1. The lowest BCUT2D eigenvalue weighted by Crippen LogP contribution is -2.78. The Morgan fingerprint density at radius 3 is 2.58 bits per heavy atom. The van der Waals surface area contributed by atoms with E-state index < -0.39 is 23.5 Å². The lowest BCUT2D eigenvalue weighted by atomic mass is 9.76. The second-order valence-corrected chi connectivity index (χ2v) is 6.60. The summed E-state index contributed by atoms with van der Waals surface area (Å²) in [5, 5.41) is 10.9. The highest BCUT2D eigenvalue weighted by Crippen LogP contribution is 2.43. The molecule has 0 aromatic heterocycles. The number of rotatable bonds is 5. The number of carbonyl (C=O) groups is 1. The van der Waals surface area contributed by atoms with E-state index in [9.17, 15) is 9.90 Å². The fourth-order valence-corrected chi connectivity index (χ4v) is 3.40. The predicted octanol–water partition coefficient (Wildman–Crippen LogP) is 1.87. The van der Waals surface area contributed by atoms with E-state index in [0.717, 1.165) is 0 Å². The number of carbonyl (C=O) groups excluding carboxylic acids is 1. The third-order valence-corrected chi connectivity index (χ3v) is 4.55. The molecule has 130 valence electrons. The van der Waals surface area contributed by atoms with Gasteiger partial charge < -0.3 is 24.2 Å². The highest BCUT2D eigenvalue weighted by atomic mass is 16.7. The summed E-state index contributed by atoms with van der Waals surface area (Å²) in [6.45, 7) is 7.60. The molecule has 0 aliphatic carbocycles. The molecule has 2 fully saturated rings. The van der Waals surface area contributed by atoms with Gasteiger partial charge in [-0.05, 0) is 38.1 Å². The molecule has 3 atom stereocenters. The first-order valence-corrected chi connectivity index (χ1v) is 7.95. The van der Waals surface area contributed by atoms with Gasteiger partial charge >= 0.3 is 0 Å². The molecule has 24 heavy (non-hydrogen) atoms. The van der Waals surface area contributed by atoms with Gasteiger partial charge in [0.2, 0.25) is 0 Å². The van der Waals surface area contributed by atoms with E-state index in [-0.39, 0.29) is 12.3 Å². The Labute approximate surface area is 141 Å². The Morgan fingerprint density at radius 1 is 1.42 bits per heavy atom. The maximum absolute atomic E-state index is 12.7. The number of β-lactam (4-membered cyclic amide) rings is 1. The number of amides is 1. The third kappa shape index (κ3) is 2.60. The summed E-state index contributed by atoms with van der Waals surface area (Å²) in [4.78, 5) is 14.2. The number of nitrogens with zero attached hydrogens (tertiary/aromatic N) is 1. The van der Waals surface area contributed by atoms with E-state index in [4.69, 9.17) is 14.2 Å². The number of anilines is 1. The molecule has 0 spiro atoms. The number of benzene rings is 1. The van der Waals surface area contributed by atoms with E-state index in [1.807, 2.05) is 13.8 Å². The molecule has 2 aliphatic heterocycles. The van der Waals surface area contributed by atoms with E-state index in [1.165, 1.54) is 0 Å². The number of aliphatic hydroxyl groups is 1. The van der Waals surface area contributed by atoms with Crippen molar-refractivity contribution >= 4 is 11.6 Å². The van der Waals surface area contributed by atoms with Crippen molar-refractivity contribution < 1.29 is 24.1 Å². The van der Waals surface area contributed by atoms with Crippen molar-refractivity contribution in [2.75, 3.05) is 18.6 Å². The topological polar surface area (TPSA) is 68.2 Å². The standard InChI is InChI=1S/C18H23NO5/c1-5-10-18(21)15(14-11-23-17(2,3)24-14)19(16(18)20)12-6-8-13(22-4)9-7-12/h5-9,14-15,21H,1,10-11H2,2-4H3/t14?,15-,18+/m0/s1. The van der Waals surface area contributed by atoms with Crippen LogP contribution in [0, 0.1) is 0 Å². The summed E-state index contributed by atoms with van der Waals surface area (Å²) in [5.41, 5.74) is -0.830. The van der Waals surface area contributed by atoms with Crippen LogP contribution in [0.15, 0.2) is 36.9 Å². The second-order valence-electron chi connectivity index (χ2n) is 6.60. The normalized spacial score (nSPS) is 31.7. The van der Waals surface area contributed by atoms with Crippen LogP contribution in [-0.2, 0) is 14.3 Å². The summed E-state index contributed by atoms with van der Waals surface area (Å²) < 4.78 is 16.7. The van der Waals surface area contributed by atoms with Crippen molar-refractivity contribution in [3.63, 3.8) is 0 Å². The first-order valence-electron chi connectivity index (χ1n) is 7.95. The van der Waals surface area contributed by atoms with Crippen LogP contribution in [0.4, 0.5) is 5.69 Å². The molecule has 6 heteroatoms. The summed E-state index contributed by atoms with van der Waals surface area (Å²) in [5.74, 6) is -0.388. The largest absolute Gasteiger partial charge is 0.497 e. The van der Waals surface area contributed by atoms with Gasteiger partial charge in [0, 0.05) is 12.1 Å². The SMILES string of the molecule is C=CC[C@]1(O)C(=O)N(c2ccc(OC)cc2)[C@H]1C1COC(C)(C)O1. The van der Waals surface area contributed by atoms with Gasteiger partial charge in [-0.1, -0.05) is 6.08 Å². The zero-order chi connectivity index (χ0) is 17.5. The molecule has 0 bridgehead atoms. The lowest BCUT2D eigenvalue weighted by Gasteiger charge is -2.54. The van der Waals surface area contributed by atoms with Crippen LogP contribution in [-0.4, -0.2) is 48.3 Å².